The summed E-state index contributed by atoms with van der Waals surface area (Å²) in [5.74, 6) is 0.0501. The zero-order valence-corrected chi connectivity index (χ0v) is 7.26. The van der Waals surface area contributed by atoms with Crippen molar-refractivity contribution in [2.75, 3.05) is 13.6 Å². The highest BCUT2D eigenvalue weighted by atomic mass is 16.2. The number of hydrogen-bond acceptors (Lipinski definition) is 2. The van der Waals surface area contributed by atoms with Crippen molar-refractivity contribution in [1.82, 2.24) is 5.32 Å². The highest BCUT2D eigenvalue weighted by Crippen LogP contribution is 1.90. The number of nitrogens with one attached hydrogen (secondary N) is 1. The van der Waals surface area contributed by atoms with Crippen molar-refractivity contribution in [3.63, 3.8) is 0 Å². The zero-order chi connectivity index (χ0) is 8.53. The second-order valence-electron chi connectivity index (χ2n) is 2.42. The Hall–Kier alpha value is -0.860. The molecule has 3 heteroatoms. The lowest BCUT2D eigenvalue weighted by Crippen LogP contribution is -2.20. The summed E-state index contributed by atoms with van der Waals surface area (Å²) in [4.78, 5) is 14.3. The van der Waals surface area contributed by atoms with E-state index in [-0.39, 0.29) is 5.91 Å². The number of amides is 1. The van der Waals surface area contributed by atoms with Gasteiger partial charge < -0.3 is 10.3 Å². The fourth-order valence-corrected chi connectivity index (χ4v) is 0.754. The first-order valence-corrected chi connectivity index (χ1v) is 3.92. The number of aliphatic imine (C=N–C) groups is 1. The maximum atomic E-state index is 10.4. The lowest BCUT2D eigenvalue weighted by atomic mass is 10.2. The lowest BCUT2D eigenvalue weighted by Gasteiger charge is -1.98. The molecule has 0 saturated carbocycles. The molecule has 0 aliphatic rings. The van der Waals surface area contributed by atoms with Gasteiger partial charge in [0, 0.05) is 20.5 Å². The molecule has 3 nitrogen and oxygen atoms in total. The van der Waals surface area contributed by atoms with Gasteiger partial charge in [0.15, 0.2) is 0 Å². The van der Waals surface area contributed by atoms with E-state index in [1.807, 2.05) is 6.21 Å². The van der Waals surface area contributed by atoms with Gasteiger partial charge in [0.05, 0.1) is 0 Å². The van der Waals surface area contributed by atoms with Crippen molar-refractivity contribution < 1.29 is 4.79 Å². The zero-order valence-electron chi connectivity index (χ0n) is 7.26. The Labute approximate surface area is 67.9 Å². The summed E-state index contributed by atoms with van der Waals surface area (Å²) in [7, 11) is 1.77. The molecule has 0 unspecified atom stereocenters. The predicted molar refractivity (Wildman–Crippen MR) is 47.0 cm³/mol. The molecule has 0 saturated heterocycles. The standard InChI is InChI=1S/C8H16N2O/c1-8(11)10-7-5-3-4-6-9-2/h6H,3-5,7H2,1-2H3,(H,10,11)/i1+1,2+1. The van der Waals surface area contributed by atoms with E-state index in [0.717, 1.165) is 25.8 Å². The van der Waals surface area contributed by atoms with E-state index in [0.29, 0.717) is 0 Å². The highest BCUT2D eigenvalue weighted by molar-refractivity contribution is 5.72. The maximum Gasteiger partial charge on any atom is 0.216 e. The molecule has 0 aromatic rings. The van der Waals surface area contributed by atoms with Gasteiger partial charge in [-0.1, -0.05) is 0 Å². The van der Waals surface area contributed by atoms with Crippen molar-refractivity contribution in [3.05, 3.63) is 0 Å². The molecule has 1 N–H and O–H groups in total. The van der Waals surface area contributed by atoms with E-state index in [2.05, 4.69) is 10.3 Å². The summed E-state index contributed by atoms with van der Waals surface area (Å²) < 4.78 is 0. The van der Waals surface area contributed by atoms with Crippen LogP contribution in [0.5, 0.6) is 0 Å². The molecular formula is C8H16N2O. The first-order chi connectivity index (χ1) is 5.27. The Kier molecular flexibility index (Phi) is 6.68. The van der Waals surface area contributed by atoms with Crippen LogP contribution < -0.4 is 5.32 Å². The average molecular weight is 158 g/mol. The largest absolute Gasteiger partial charge is 0.356 e. The summed E-state index contributed by atoms with van der Waals surface area (Å²) in [5.41, 5.74) is 0. The van der Waals surface area contributed by atoms with Gasteiger partial charge in [-0.15, -0.1) is 0 Å². The first-order valence-electron chi connectivity index (χ1n) is 3.92. The summed E-state index contributed by atoms with van der Waals surface area (Å²) in [5, 5.41) is 2.74. The van der Waals surface area contributed by atoms with Crippen molar-refractivity contribution >= 4 is 12.1 Å². The van der Waals surface area contributed by atoms with Crippen molar-refractivity contribution in [3.8, 4) is 0 Å². The summed E-state index contributed by atoms with van der Waals surface area (Å²) in [6, 6.07) is 0. The predicted octanol–water partition coefficient (Wildman–Crippen LogP) is 0.993. The van der Waals surface area contributed by atoms with Crippen LogP contribution in [0.3, 0.4) is 0 Å². The second kappa shape index (κ2) is 7.25. The molecule has 1 amide bonds. The molecule has 64 valence electrons. The number of carbonyl (C=O) groups excluding carboxylic acids is 1. The van der Waals surface area contributed by atoms with E-state index in [4.69, 9.17) is 0 Å². The number of carbonyl (C=O) groups is 1. The molecule has 0 aliphatic carbocycles. The van der Waals surface area contributed by atoms with Gasteiger partial charge >= 0.3 is 0 Å². The van der Waals surface area contributed by atoms with E-state index in [1.165, 1.54) is 6.92 Å². The second-order valence-corrected chi connectivity index (χ2v) is 2.42. The summed E-state index contributed by atoms with van der Waals surface area (Å²) in [6.07, 6.45) is 5.03. The first kappa shape index (κ1) is 10.1. The smallest absolute Gasteiger partial charge is 0.216 e. The molecule has 0 heterocycles. The number of hydrogen-bond donors (Lipinski definition) is 1. The van der Waals surface area contributed by atoms with Crippen molar-refractivity contribution in [1.29, 1.82) is 0 Å². The van der Waals surface area contributed by atoms with Gasteiger partial charge in [0.1, 0.15) is 0 Å². The Morgan fingerprint density at radius 1 is 1.55 bits per heavy atom. The Morgan fingerprint density at radius 2 is 2.27 bits per heavy atom. The van der Waals surface area contributed by atoms with Crippen LogP contribution in [-0.4, -0.2) is 25.7 Å². The molecule has 0 spiro atoms. The number of nitrogens with zero attached hydrogens (tertiary/aromatic N) is 1. The van der Waals surface area contributed by atoms with E-state index in [1.54, 1.807) is 7.05 Å². The van der Waals surface area contributed by atoms with Crippen LogP contribution in [0.15, 0.2) is 4.99 Å². The molecule has 0 aromatic carbocycles. The Balaban J connectivity index is 2.96. The van der Waals surface area contributed by atoms with E-state index < -0.39 is 0 Å². The van der Waals surface area contributed by atoms with Gasteiger partial charge in [-0.25, -0.2) is 0 Å². The normalized spacial score (nSPS) is 10.4. The minimum atomic E-state index is 0.0501. The molecular weight excluding hydrogens is 142 g/mol. The van der Waals surface area contributed by atoms with Crippen LogP contribution in [-0.2, 0) is 4.79 Å². The molecule has 0 fully saturated rings. The van der Waals surface area contributed by atoms with Gasteiger partial charge in [0.25, 0.3) is 0 Å². The number of unbranched alkanes of at least 4 members (excludes halogenated alkanes) is 2. The highest BCUT2D eigenvalue weighted by Gasteiger charge is 1.89. The van der Waals surface area contributed by atoms with E-state index in [9.17, 15) is 4.79 Å². The third-order valence-electron chi connectivity index (χ3n) is 1.32. The Bertz CT molecular complexity index is 132. The molecule has 11 heavy (non-hydrogen) atoms. The lowest BCUT2D eigenvalue weighted by molar-refractivity contribution is -0.118. The Morgan fingerprint density at radius 3 is 2.82 bits per heavy atom. The molecule has 0 atom stereocenters. The summed E-state index contributed by atoms with van der Waals surface area (Å²) >= 11 is 0. The van der Waals surface area contributed by atoms with Crippen LogP contribution >= 0.6 is 0 Å². The average Bonchev–Trinajstić information content (AvgIpc) is 1.96. The third kappa shape index (κ3) is 9.14. The maximum absolute atomic E-state index is 10.4. The molecule has 0 radical (unpaired) electrons. The quantitative estimate of drug-likeness (QED) is 0.362. The van der Waals surface area contributed by atoms with Gasteiger partial charge in [-0.2, -0.15) is 0 Å². The van der Waals surface area contributed by atoms with Crippen LogP contribution in [0.2, 0.25) is 0 Å². The third-order valence-corrected chi connectivity index (χ3v) is 1.32. The minimum absolute atomic E-state index is 0.0501. The summed E-state index contributed by atoms with van der Waals surface area (Å²) in [6.45, 7) is 2.32. The van der Waals surface area contributed by atoms with Gasteiger partial charge in [-0.3, -0.25) is 4.79 Å². The topological polar surface area (TPSA) is 41.5 Å². The molecule has 0 aliphatic heterocycles. The van der Waals surface area contributed by atoms with E-state index >= 15 is 0 Å². The van der Waals surface area contributed by atoms with Crippen LogP contribution in [0.1, 0.15) is 26.2 Å². The van der Waals surface area contributed by atoms with Crippen LogP contribution in [0.4, 0.5) is 0 Å². The number of rotatable bonds is 5. The van der Waals surface area contributed by atoms with Gasteiger partial charge in [-0.05, 0) is 25.5 Å². The van der Waals surface area contributed by atoms with Crippen LogP contribution in [0.25, 0.3) is 0 Å². The molecule has 0 rings (SSSR count). The van der Waals surface area contributed by atoms with Crippen molar-refractivity contribution in [2.24, 2.45) is 4.99 Å². The minimum Gasteiger partial charge on any atom is -0.356 e. The van der Waals surface area contributed by atoms with Gasteiger partial charge in [0.2, 0.25) is 5.91 Å². The fourth-order valence-electron chi connectivity index (χ4n) is 0.754. The molecule has 0 bridgehead atoms. The fraction of sp³-hybridized carbons (Fsp3) is 0.750. The van der Waals surface area contributed by atoms with Crippen LogP contribution in [0, 0.1) is 0 Å². The SMILES string of the molecule is [13CH3]N=CCCCCNC([13CH3])=O. The molecule has 0 aromatic heterocycles. The monoisotopic (exact) mass is 158 g/mol. The van der Waals surface area contributed by atoms with Crippen molar-refractivity contribution in [2.45, 2.75) is 26.2 Å².